The fraction of sp³-hybridized carbons (Fsp3) is 1.00. The second-order valence-electron chi connectivity index (χ2n) is 7.72. The van der Waals surface area contributed by atoms with Crippen molar-refractivity contribution in [1.82, 2.24) is 0 Å². The van der Waals surface area contributed by atoms with Gasteiger partial charge in [0, 0.05) is 13.5 Å². The highest BCUT2D eigenvalue weighted by molar-refractivity contribution is 5.18. The average molecular weight is 412 g/mol. The minimum atomic E-state index is -5.70. The van der Waals surface area contributed by atoms with Gasteiger partial charge in [-0.25, -0.2) is 13.2 Å². The smallest absolute Gasteiger partial charge is 0.360 e. The van der Waals surface area contributed by atoms with Gasteiger partial charge in [-0.1, -0.05) is 46.0 Å². The molecule has 0 spiro atoms. The molecule has 1 aliphatic carbocycles. The molecule has 3 atom stereocenters. The SMILES string of the molecule is CCCCCCCCOC1(C(F)(F)F)CC(C)CC(F)(C(C)(F)F)C1(F)F. The van der Waals surface area contributed by atoms with E-state index in [1.165, 1.54) is 0 Å². The molecule has 27 heavy (non-hydrogen) atoms. The number of unbranched alkanes of at least 4 members (excludes halogenated alkanes) is 5. The highest BCUT2D eigenvalue weighted by Gasteiger charge is 2.84. The minimum Gasteiger partial charge on any atom is -0.360 e. The van der Waals surface area contributed by atoms with Gasteiger partial charge >= 0.3 is 12.1 Å². The van der Waals surface area contributed by atoms with E-state index in [-0.39, 0.29) is 13.3 Å². The van der Waals surface area contributed by atoms with Crippen LogP contribution in [0.15, 0.2) is 0 Å². The number of rotatable bonds is 9. The fourth-order valence-corrected chi connectivity index (χ4v) is 3.73. The van der Waals surface area contributed by atoms with E-state index in [1.807, 2.05) is 6.92 Å². The molecule has 0 saturated heterocycles. The zero-order valence-electron chi connectivity index (χ0n) is 15.9. The lowest BCUT2D eigenvalue weighted by atomic mass is 9.65. The molecule has 1 saturated carbocycles. The molecule has 0 aromatic heterocycles. The molecule has 0 amide bonds. The maximum atomic E-state index is 14.8. The molecule has 1 fully saturated rings. The maximum absolute atomic E-state index is 14.8. The summed E-state index contributed by atoms with van der Waals surface area (Å²) < 4.78 is 117. The molecule has 1 rings (SSSR count). The molecule has 162 valence electrons. The molecular weight excluding hydrogens is 384 g/mol. The third kappa shape index (κ3) is 4.53. The Kier molecular flexibility index (Phi) is 7.61. The van der Waals surface area contributed by atoms with E-state index in [2.05, 4.69) is 4.74 Å². The maximum Gasteiger partial charge on any atom is 0.423 e. The van der Waals surface area contributed by atoms with E-state index in [0.717, 1.165) is 26.2 Å². The second-order valence-corrected chi connectivity index (χ2v) is 7.72. The summed E-state index contributed by atoms with van der Waals surface area (Å²) in [6.07, 6.45) is -4.36. The Bertz CT molecular complexity index is 473. The highest BCUT2D eigenvalue weighted by atomic mass is 19.4. The van der Waals surface area contributed by atoms with Crippen molar-refractivity contribution in [3.05, 3.63) is 0 Å². The molecule has 0 radical (unpaired) electrons. The number of alkyl halides is 8. The summed E-state index contributed by atoms with van der Waals surface area (Å²) in [5.41, 5.74) is -8.91. The van der Waals surface area contributed by atoms with Crippen LogP contribution in [0.3, 0.4) is 0 Å². The average Bonchev–Trinajstić information content (AvgIpc) is 2.49. The van der Waals surface area contributed by atoms with Gasteiger partial charge in [0.15, 0.2) is 0 Å². The summed E-state index contributed by atoms with van der Waals surface area (Å²) in [7, 11) is 0. The highest BCUT2D eigenvalue weighted by Crippen LogP contribution is 2.63. The molecule has 0 bridgehead atoms. The van der Waals surface area contributed by atoms with E-state index in [1.54, 1.807) is 0 Å². The molecular formula is C18H28F8O. The van der Waals surface area contributed by atoms with Crippen LogP contribution in [0.4, 0.5) is 35.1 Å². The van der Waals surface area contributed by atoms with E-state index < -0.39 is 54.7 Å². The Hall–Kier alpha value is -0.600. The predicted molar refractivity (Wildman–Crippen MR) is 85.9 cm³/mol. The first-order valence-electron chi connectivity index (χ1n) is 9.31. The van der Waals surface area contributed by atoms with E-state index in [0.29, 0.717) is 12.8 Å². The monoisotopic (exact) mass is 412 g/mol. The van der Waals surface area contributed by atoms with Gasteiger partial charge in [0.25, 0.3) is 5.92 Å². The summed E-state index contributed by atoms with van der Waals surface area (Å²) in [5.74, 6) is -11.4. The first-order chi connectivity index (χ1) is 12.2. The summed E-state index contributed by atoms with van der Waals surface area (Å²) in [4.78, 5) is 0. The zero-order chi connectivity index (χ0) is 21.1. The van der Waals surface area contributed by atoms with Crippen LogP contribution < -0.4 is 0 Å². The Morgan fingerprint density at radius 1 is 0.889 bits per heavy atom. The van der Waals surface area contributed by atoms with E-state index in [9.17, 15) is 35.1 Å². The fourth-order valence-electron chi connectivity index (χ4n) is 3.73. The summed E-state index contributed by atoms with van der Waals surface area (Å²) in [5, 5.41) is 0. The van der Waals surface area contributed by atoms with E-state index in [4.69, 9.17) is 0 Å². The lowest BCUT2D eigenvalue weighted by Gasteiger charge is -2.53. The summed E-state index contributed by atoms with van der Waals surface area (Å²) in [6.45, 7) is 2.21. The van der Waals surface area contributed by atoms with Gasteiger partial charge < -0.3 is 4.74 Å². The van der Waals surface area contributed by atoms with Gasteiger partial charge in [-0.15, -0.1) is 0 Å². The van der Waals surface area contributed by atoms with Crippen LogP contribution in [0.5, 0.6) is 0 Å². The Labute approximate surface area is 154 Å². The van der Waals surface area contributed by atoms with Gasteiger partial charge in [0.05, 0.1) is 0 Å². The Morgan fingerprint density at radius 3 is 1.89 bits per heavy atom. The second kappa shape index (κ2) is 8.41. The van der Waals surface area contributed by atoms with Crippen LogP contribution in [0, 0.1) is 5.92 Å². The largest absolute Gasteiger partial charge is 0.423 e. The number of hydrogen-bond donors (Lipinski definition) is 0. The third-order valence-electron chi connectivity index (χ3n) is 5.27. The topological polar surface area (TPSA) is 9.23 Å². The van der Waals surface area contributed by atoms with Gasteiger partial charge in [-0.05, 0) is 25.2 Å². The molecule has 3 unspecified atom stereocenters. The summed E-state index contributed by atoms with van der Waals surface area (Å²) in [6, 6.07) is 0. The molecule has 1 aliphatic rings. The number of halogens is 8. The molecule has 0 heterocycles. The molecule has 0 aromatic carbocycles. The van der Waals surface area contributed by atoms with Crippen molar-refractivity contribution in [3.8, 4) is 0 Å². The van der Waals surface area contributed by atoms with E-state index >= 15 is 0 Å². The van der Waals surface area contributed by atoms with Crippen molar-refractivity contribution in [1.29, 1.82) is 0 Å². The molecule has 0 aliphatic heterocycles. The first kappa shape index (κ1) is 24.4. The van der Waals surface area contributed by atoms with Crippen molar-refractivity contribution < 1.29 is 39.9 Å². The first-order valence-corrected chi connectivity index (χ1v) is 9.31. The molecule has 0 N–H and O–H groups in total. The lowest BCUT2D eigenvalue weighted by Crippen LogP contribution is -2.75. The van der Waals surface area contributed by atoms with Crippen molar-refractivity contribution >= 4 is 0 Å². The molecule has 1 nitrogen and oxygen atoms in total. The van der Waals surface area contributed by atoms with Gasteiger partial charge in [-0.2, -0.15) is 22.0 Å². The van der Waals surface area contributed by atoms with Crippen LogP contribution in [-0.2, 0) is 4.74 Å². The van der Waals surface area contributed by atoms with Crippen molar-refractivity contribution in [2.24, 2.45) is 5.92 Å². The van der Waals surface area contributed by atoms with Crippen LogP contribution in [0.1, 0.15) is 72.1 Å². The number of ether oxygens (including phenoxy) is 1. The van der Waals surface area contributed by atoms with Crippen LogP contribution in [-0.4, -0.2) is 35.9 Å². The standard InChI is InChI=1S/C18H28F8O/c1-4-5-6-7-8-9-10-27-16(18(24,25)26)12-13(2)11-15(21,14(3,19)20)17(16,22)23/h13H,4-12H2,1-3H3. The third-order valence-corrected chi connectivity index (χ3v) is 5.27. The number of hydrogen-bond acceptors (Lipinski definition) is 1. The molecule has 9 heteroatoms. The minimum absolute atomic E-state index is 0.0633. The quantitative estimate of drug-likeness (QED) is 0.290. The Morgan fingerprint density at radius 2 is 1.41 bits per heavy atom. The van der Waals surface area contributed by atoms with Crippen molar-refractivity contribution in [3.63, 3.8) is 0 Å². The van der Waals surface area contributed by atoms with Crippen LogP contribution >= 0.6 is 0 Å². The normalized spacial score (nSPS) is 31.9. The Balaban J connectivity index is 3.08. The molecule has 0 aromatic rings. The van der Waals surface area contributed by atoms with Crippen molar-refractivity contribution in [2.75, 3.05) is 6.61 Å². The zero-order valence-corrected chi connectivity index (χ0v) is 15.9. The lowest BCUT2D eigenvalue weighted by molar-refractivity contribution is -0.408. The van der Waals surface area contributed by atoms with Crippen LogP contribution in [0.25, 0.3) is 0 Å². The summed E-state index contributed by atoms with van der Waals surface area (Å²) >= 11 is 0. The van der Waals surface area contributed by atoms with Crippen LogP contribution in [0.2, 0.25) is 0 Å². The van der Waals surface area contributed by atoms with Crippen molar-refractivity contribution in [2.45, 2.75) is 101 Å². The van der Waals surface area contributed by atoms with Gasteiger partial charge in [0.1, 0.15) is 0 Å². The van der Waals surface area contributed by atoms with Gasteiger partial charge in [-0.3, -0.25) is 0 Å². The predicted octanol–water partition coefficient (Wildman–Crippen LogP) is 7.09. The van der Waals surface area contributed by atoms with Gasteiger partial charge in [0.2, 0.25) is 11.3 Å².